The molecule has 1 aromatic carbocycles. The first-order valence-corrected chi connectivity index (χ1v) is 4.65. The summed E-state index contributed by atoms with van der Waals surface area (Å²) in [6.07, 6.45) is 0. The fourth-order valence-electron chi connectivity index (χ4n) is 1.45. The number of hydrogen-bond acceptors (Lipinski definition) is 4. The van der Waals surface area contributed by atoms with E-state index in [9.17, 15) is 4.79 Å². The molecule has 4 heteroatoms. The molecule has 0 radical (unpaired) electrons. The molecular weight excluding hydrogens is 192 g/mol. The number of benzene rings is 1. The van der Waals surface area contributed by atoms with E-state index in [2.05, 4.69) is 11.9 Å². The molecule has 15 heavy (non-hydrogen) atoms. The highest BCUT2D eigenvalue weighted by atomic mass is 16.5. The van der Waals surface area contributed by atoms with Crippen LogP contribution in [0.1, 0.15) is 15.9 Å². The van der Waals surface area contributed by atoms with Crippen LogP contribution in [0.2, 0.25) is 0 Å². The van der Waals surface area contributed by atoms with Gasteiger partial charge in [0.15, 0.2) is 0 Å². The minimum Gasteiger partial charge on any atom is -0.457 e. The first-order valence-electron chi connectivity index (χ1n) is 4.65. The lowest BCUT2D eigenvalue weighted by atomic mass is 10.1. The van der Waals surface area contributed by atoms with E-state index in [1.54, 1.807) is 6.07 Å². The molecule has 4 nitrogen and oxygen atoms in total. The minimum absolute atomic E-state index is 0.271. The first kappa shape index (κ1) is 9.73. The van der Waals surface area contributed by atoms with Crippen LogP contribution in [0, 0.1) is 0 Å². The predicted molar refractivity (Wildman–Crippen MR) is 57.4 cm³/mol. The van der Waals surface area contributed by atoms with Crippen LogP contribution in [0.3, 0.4) is 0 Å². The number of esters is 1. The Kier molecular flexibility index (Phi) is 2.43. The zero-order valence-corrected chi connectivity index (χ0v) is 8.25. The fourth-order valence-corrected chi connectivity index (χ4v) is 1.45. The lowest BCUT2D eigenvalue weighted by molar-refractivity contribution is 0.0535. The molecule has 0 saturated carbocycles. The maximum absolute atomic E-state index is 11.3. The van der Waals surface area contributed by atoms with E-state index in [0.717, 1.165) is 11.3 Å². The van der Waals surface area contributed by atoms with Gasteiger partial charge < -0.3 is 15.8 Å². The van der Waals surface area contributed by atoms with Crippen molar-refractivity contribution in [3.05, 3.63) is 41.6 Å². The number of carbonyl (C=O) groups excluding carboxylic acids is 1. The predicted octanol–water partition coefficient (Wildman–Crippen LogP) is 1.24. The maximum Gasteiger partial charge on any atom is 0.338 e. The van der Waals surface area contributed by atoms with Crippen molar-refractivity contribution in [2.45, 2.75) is 6.61 Å². The van der Waals surface area contributed by atoms with Crippen molar-refractivity contribution >= 4 is 11.7 Å². The summed E-state index contributed by atoms with van der Waals surface area (Å²) < 4.78 is 4.90. The van der Waals surface area contributed by atoms with Gasteiger partial charge in [0.05, 0.1) is 5.56 Å². The Morgan fingerprint density at radius 1 is 1.60 bits per heavy atom. The normalized spacial score (nSPS) is 13.3. The number of hydrogen-bond donors (Lipinski definition) is 2. The Hall–Kier alpha value is -1.81. The Morgan fingerprint density at radius 2 is 2.40 bits per heavy atom. The second kappa shape index (κ2) is 3.74. The first-order chi connectivity index (χ1) is 7.20. The van der Waals surface area contributed by atoms with Gasteiger partial charge in [-0.05, 0) is 12.1 Å². The molecule has 0 amide bonds. The van der Waals surface area contributed by atoms with Crippen LogP contribution in [0.5, 0.6) is 0 Å². The molecule has 1 heterocycles. The van der Waals surface area contributed by atoms with Crippen molar-refractivity contribution in [3.63, 3.8) is 0 Å². The standard InChI is InChI=1S/C11H12N2O2/c1-7(5-12)13-9-3-2-8-6-15-11(14)10(8)4-9/h2-4,13H,1,5-6,12H2. The van der Waals surface area contributed by atoms with Crippen molar-refractivity contribution in [1.29, 1.82) is 0 Å². The van der Waals surface area contributed by atoms with Gasteiger partial charge >= 0.3 is 5.97 Å². The monoisotopic (exact) mass is 204 g/mol. The summed E-state index contributed by atoms with van der Waals surface area (Å²) in [6, 6.07) is 5.50. The van der Waals surface area contributed by atoms with E-state index in [1.165, 1.54) is 0 Å². The number of cyclic esters (lactones) is 1. The average Bonchev–Trinajstić information content (AvgIpc) is 2.60. The third-order valence-corrected chi connectivity index (χ3v) is 2.26. The van der Waals surface area contributed by atoms with Gasteiger partial charge in [0.25, 0.3) is 0 Å². The molecule has 1 aromatic rings. The second-order valence-electron chi connectivity index (χ2n) is 3.38. The van der Waals surface area contributed by atoms with Gasteiger partial charge in [0, 0.05) is 23.5 Å². The van der Waals surface area contributed by atoms with Gasteiger partial charge in [0.2, 0.25) is 0 Å². The largest absolute Gasteiger partial charge is 0.457 e. The zero-order chi connectivity index (χ0) is 10.8. The van der Waals surface area contributed by atoms with Crippen LogP contribution in [0.15, 0.2) is 30.5 Å². The molecule has 2 rings (SSSR count). The summed E-state index contributed by atoms with van der Waals surface area (Å²) >= 11 is 0. The lowest BCUT2D eigenvalue weighted by Crippen LogP contribution is -2.10. The minimum atomic E-state index is -0.271. The number of anilines is 1. The van der Waals surface area contributed by atoms with Crippen molar-refractivity contribution in [2.75, 3.05) is 11.9 Å². The molecule has 0 fully saturated rings. The van der Waals surface area contributed by atoms with Crippen molar-refractivity contribution in [1.82, 2.24) is 0 Å². The van der Waals surface area contributed by atoms with Crippen molar-refractivity contribution < 1.29 is 9.53 Å². The molecular formula is C11H12N2O2. The van der Waals surface area contributed by atoms with Crippen LogP contribution in [0.4, 0.5) is 5.69 Å². The van der Waals surface area contributed by atoms with Gasteiger partial charge in [0.1, 0.15) is 6.61 Å². The van der Waals surface area contributed by atoms with Gasteiger partial charge in [-0.25, -0.2) is 4.79 Å². The molecule has 0 aliphatic carbocycles. The SMILES string of the molecule is C=C(CN)Nc1ccc2c(c1)C(=O)OC2. The summed E-state index contributed by atoms with van der Waals surface area (Å²) in [5, 5.41) is 3.01. The Bertz CT molecular complexity index is 427. The summed E-state index contributed by atoms with van der Waals surface area (Å²) in [5.74, 6) is -0.271. The van der Waals surface area contributed by atoms with Gasteiger partial charge in [-0.1, -0.05) is 12.6 Å². The highest BCUT2D eigenvalue weighted by Crippen LogP contribution is 2.23. The molecule has 1 aliphatic heterocycles. The van der Waals surface area contributed by atoms with Crippen molar-refractivity contribution in [3.8, 4) is 0 Å². The summed E-state index contributed by atoms with van der Waals surface area (Å²) in [7, 11) is 0. The van der Waals surface area contributed by atoms with E-state index >= 15 is 0 Å². The number of ether oxygens (including phenoxy) is 1. The summed E-state index contributed by atoms with van der Waals surface area (Å²) in [4.78, 5) is 11.3. The fraction of sp³-hybridized carbons (Fsp3) is 0.182. The average molecular weight is 204 g/mol. The number of fused-ring (bicyclic) bond motifs is 1. The number of rotatable bonds is 3. The van der Waals surface area contributed by atoms with Crippen LogP contribution in [-0.4, -0.2) is 12.5 Å². The molecule has 0 atom stereocenters. The van der Waals surface area contributed by atoms with Gasteiger partial charge in [-0.2, -0.15) is 0 Å². The van der Waals surface area contributed by atoms with Crippen molar-refractivity contribution in [2.24, 2.45) is 5.73 Å². The topological polar surface area (TPSA) is 64.3 Å². The van der Waals surface area contributed by atoms with E-state index in [4.69, 9.17) is 10.5 Å². The molecule has 0 unspecified atom stereocenters. The second-order valence-corrected chi connectivity index (χ2v) is 3.38. The molecule has 3 N–H and O–H groups in total. The van der Waals surface area contributed by atoms with Crippen LogP contribution >= 0.6 is 0 Å². The molecule has 78 valence electrons. The van der Waals surface area contributed by atoms with Gasteiger partial charge in [-0.3, -0.25) is 0 Å². The van der Waals surface area contributed by atoms with E-state index in [1.807, 2.05) is 12.1 Å². The van der Waals surface area contributed by atoms with E-state index in [0.29, 0.717) is 24.4 Å². The summed E-state index contributed by atoms with van der Waals surface area (Å²) in [6.45, 7) is 4.46. The summed E-state index contributed by atoms with van der Waals surface area (Å²) in [5.41, 5.74) is 8.46. The smallest absolute Gasteiger partial charge is 0.338 e. The number of nitrogens with two attached hydrogens (primary N) is 1. The molecule has 0 spiro atoms. The number of nitrogens with one attached hydrogen (secondary N) is 1. The molecule has 1 aliphatic rings. The molecule has 0 bridgehead atoms. The zero-order valence-electron chi connectivity index (χ0n) is 8.25. The molecule has 0 saturated heterocycles. The lowest BCUT2D eigenvalue weighted by Gasteiger charge is -2.07. The highest BCUT2D eigenvalue weighted by Gasteiger charge is 2.20. The Balaban J connectivity index is 2.25. The van der Waals surface area contributed by atoms with Crippen LogP contribution in [-0.2, 0) is 11.3 Å². The Labute approximate surface area is 87.7 Å². The van der Waals surface area contributed by atoms with Crippen LogP contribution in [0.25, 0.3) is 0 Å². The highest BCUT2D eigenvalue weighted by molar-refractivity contribution is 5.94. The van der Waals surface area contributed by atoms with Crippen LogP contribution < -0.4 is 11.1 Å². The Morgan fingerprint density at radius 3 is 3.13 bits per heavy atom. The maximum atomic E-state index is 11.3. The van der Waals surface area contributed by atoms with E-state index in [-0.39, 0.29) is 5.97 Å². The molecule has 0 aromatic heterocycles. The van der Waals surface area contributed by atoms with E-state index < -0.39 is 0 Å². The third kappa shape index (κ3) is 1.85. The van der Waals surface area contributed by atoms with Gasteiger partial charge in [-0.15, -0.1) is 0 Å². The third-order valence-electron chi connectivity index (χ3n) is 2.26. The number of carbonyl (C=O) groups is 1. The quantitative estimate of drug-likeness (QED) is 0.727.